The van der Waals surface area contributed by atoms with Crippen molar-refractivity contribution >= 4 is 27.4 Å². The quantitative estimate of drug-likeness (QED) is 0.876. The molecule has 0 aliphatic heterocycles. The largest absolute Gasteiger partial charge is 0.433 e. The highest BCUT2D eigenvalue weighted by Crippen LogP contribution is 2.31. The van der Waals surface area contributed by atoms with Crippen molar-refractivity contribution in [3.63, 3.8) is 0 Å². The molecular formula is C13H7BrF3N3. The molecule has 0 saturated heterocycles. The van der Waals surface area contributed by atoms with Crippen molar-refractivity contribution in [1.82, 2.24) is 4.98 Å². The number of nitrogens with zero attached hydrogens (tertiary/aromatic N) is 2. The number of aromatic nitrogens is 1. The van der Waals surface area contributed by atoms with E-state index in [4.69, 9.17) is 5.26 Å². The van der Waals surface area contributed by atoms with E-state index in [1.54, 1.807) is 30.3 Å². The first-order chi connectivity index (χ1) is 9.41. The molecule has 0 radical (unpaired) electrons. The Bertz CT molecular complexity index is 677. The standard InChI is InChI=1S/C13H7BrF3N3/c14-9-3-1-2-4-10(9)19-12-8(7-18)5-6-11(20-12)13(15,16)17/h1-6H,(H,19,20). The van der Waals surface area contributed by atoms with E-state index in [0.717, 1.165) is 12.1 Å². The van der Waals surface area contributed by atoms with Gasteiger partial charge in [-0.15, -0.1) is 0 Å². The monoisotopic (exact) mass is 341 g/mol. The van der Waals surface area contributed by atoms with Crippen LogP contribution in [0, 0.1) is 11.3 Å². The number of hydrogen-bond acceptors (Lipinski definition) is 3. The van der Waals surface area contributed by atoms with Crippen molar-refractivity contribution in [2.75, 3.05) is 5.32 Å². The molecule has 1 aromatic heterocycles. The molecule has 0 unspecified atom stereocenters. The zero-order valence-corrected chi connectivity index (χ0v) is 11.5. The Balaban J connectivity index is 2.45. The van der Waals surface area contributed by atoms with Crippen LogP contribution in [0.25, 0.3) is 0 Å². The number of nitriles is 1. The molecule has 1 heterocycles. The highest BCUT2D eigenvalue weighted by molar-refractivity contribution is 9.10. The Hall–Kier alpha value is -2.07. The minimum Gasteiger partial charge on any atom is -0.338 e. The number of pyridine rings is 1. The summed E-state index contributed by atoms with van der Waals surface area (Å²) in [5.74, 6) is -0.130. The number of alkyl halides is 3. The van der Waals surface area contributed by atoms with E-state index in [1.807, 2.05) is 0 Å². The fourth-order valence-corrected chi connectivity index (χ4v) is 1.88. The Morgan fingerprint density at radius 3 is 2.45 bits per heavy atom. The first-order valence-electron chi connectivity index (χ1n) is 5.41. The number of anilines is 2. The molecule has 0 atom stereocenters. The zero-order chi connectivity index (χ0) is 14.8. The van der Waals surface area contributed by atoms with Gasteiger partial charge in [-0.1, -0.05) is 12.1 Å². The summed E-state index contributed by atoms with van der Waals surface area (Å²) >= 11 is 3.26. The molecule has 20 heavy (non-hydrogen) atoms. The van der Waals surface area contributed by atoms with Crippen LogP contribution in [0.1, 0.15) is 11.3 Å². The van der Waals surface area contributed by atoms with E-state index < -0.39 is 11.9 Å². The van der Waals surface area contributed by atoms with Gasteiger partial charge in [0, 0.05) is 4.47 Å². The van der Waals surface area contributed by atoms with Gasteiger partial charge in [-0.2, -0.15) is 18.4 Å². The summed E-state index contributed by atoms with van der Waals surface area (Å²) < 4.78 is 38.6. The van der Waals surface area contributed by atoms with Crippen molar-refractivity contribution < 1.29 is 13.2 Å². The first-order valence-corrected chi connectivity index (χ1v) is 6.21. The van der Waals surface area contributed by atoms with Crippen LogP contribution in [0.4, 0.5) is 24.7 Å². The molecular weight excluding hydrogens is 335 g/mol. The smallest absolute Gasteiger partial charge is 0.338 e. The van der Waals surface area contributed by atoms with Gasteiger partial charge in [0.2, 0.25) is 0 Å². The number of para-hydroxylation sites is 1. The summed E-state index contributed by atoms with van der Waals surface area (Å²) in [6, 6.07) is 10.5. The number of rotatable bonds is 2. The molecule has 2 rings (SSSR count). The molecule has 1 N–H and O–H groups in total. The molecule has 2 aromatic rings. The fourth-order valence-electron chi connectivity index (χ4n) is 1.49. The Morgan fingerprint density at radius 1 is 1.15 bits per heavy atom. The highest BCUT2D eigenvalue weighted by Gasteiger charge is 2.33. The van der Waals surface area contributed by atoms with Gasteiger partial charge in [0.25, 0.3) is 0 Å². The van der Waals surface area contributed by atoms with E-state index in [-0.39, 0.29) is 11.4 Å². The van der Waals surface area contributed by atoms with Crippen molar-refractivity contribution in [1.29, 1.82) is 5.26 Å². The van der Waals surface area contributed by atoms with E-state index >= 15 is 0 Å². The van der Waals surface area contributed by atoms with Gasteiger partial charge < -0.3 is 5.32 Å². The number of benzene rings is 1. The van der Waals surface area contributed by atoms with Crippen LogP contribution in [0.15, 0.2) is 40.9 Å². The minimum absolute atomic E-state index is 0.0359. The maximum atomic E-state index is 12.6. The van der Waals surface area contributed by atoms with Crippen LogP contribution in [0.2, 0.25) is 0 Å². The second-order valence-electron chi connectivity index (χ2n) is 3.81. The molecule has 0 spiro atoms. The number of nitrogens with one attached hydrogen (secondary N) is 1. The third-order valence-electron chi connectivity index (χ3n) is 2.43. The number of hydrogen-bond donors (Lipinski definition) is 1. The molecule has 7 heteroatoms. The van der Waals surface area contributed by atoms with Crippen molar-refractivity contribution in [3.8, 4) is 6.07 Å². The van der Waals surface area contributed by atoms with E-state index in [2.05, 4.69) is 26.2 Å². The Morgan fingerprint density at radius 2 is 1.85 bits per heavy atom. The maximum absolute atomic E-state index is 12.6. The SMILES string of the molecule is N#Cc1ccc(C(F)(F)F)nc1Nc1ccccc1Br. The van der Waals surface area contributed by atoms with Gasteiger partial charge in [0.15, 0.2) is 0 Å². The van der Waals surface area contributed by atoms with E-state index in [0.29, 0.717) is 10.2 Å². The summed E-state index contributed by atoms with van der Waals surface area (Å²) in [6.45, 7) is 0. The molecule has 0 bridgehead atoms. The van der Waals surface area contributed by atoms with Crippen LogP contribution in [0.5, 0.6) is 0 Å². The molecule has 102 valence electrons. The lowest BCUT2D eigenvalue weighted by molar-refractivity contribution is -0.141. The van der Waals surface area contributed by atoms with Gasteiger partial charge in [-0.3, -0.25) is 0 Å². The summed E-state index contributed by atoms with van der Waals surface area (Å²) in [6.07, 6.45) is -4.56. The van der Waals surface area contributed by atoms with Crippen molar-refractivity contribution in [2.24, 2.45) is 0 Å². The van der Waals surface area contributed by atoms with Crippen molar-refractivity contribution in [2.45, 2.75) is 6.18 Å². The van der Waals surface area contributed by atoms with E-state index in [9.17, 15) is 13.2 Å². The van der Waals surface area contributed by atoms with E-state index in [1.165, 1.54) is 0 Å². The average Bonchev–Trinajstić information content (AvgIpc) is 2.40. The first kappa shape index (κ1) is 14.3. The number of halogens is 4. The second kappa shape index (κ2) is 5.51. The second-order valence-corrected chi connectivity index (χ2v) is 4.66. The molecule has 0 fully saturated rings. The molecule has 3 nitrogen and oxygen atoms in total. The van der Waals surface area contributed by atoms with Gasteiger partial charge in [-0.05, 0) is 40.2 Å². The maximum Gasteiger partial charge on any atom is 0.433 e. The topological polar surface area (TPSA) is 48.7 Å². The third kappa shape index (κ3) is 3.08. The Labute approximate surface area is 121 Å². The molecule has 0 aliphatic carbocycles. The molecule has 0 aliphatic rings. The zero-order valence-electron chi connectivity index (χ0n) is 9.87. The summed E-state index contributed by atoms with van der Waals surface area (Å²) in [7, 11) is 0. The lowest BCUT2D eigenvalue weighted by Gasteiger charge is -2.12. The predicted molar refractivity (Wildman–Crippen MR) is 71.4 cm³/mol. The average molecular weight is 342 g/mol. The van der Waals surface area contributed by atoms with Gasteiger partial charge in [0.05, 0.1) is 11.3 Å². The van der Waals surface area contributed by atoms with Crippen LogP contribution < -0.4 is 5.32 Å². The van der Waals surface area contributed by atoms with Gasteiger partial charge in [-0.25, -0.2) is 4.98 Å². The lowest BCUT2D eigenvalue weighted by atomic mass is 10.2. The summed E-state index contributed by atoms with van der Waals surface area (Å²) in [5, 5.41) is 11.7. The minimum atomic E-state index is -4.56. The molecule has 1 aromatic carbocycles. The third-order valence-corrected chi connectivity index (χ3v) is 3.12. The van der Waals surface area contributed by atoms with Crippen molar-refractivity contribution in [3.05, 3.63) is 52.1 Å². The predicted octanol–water partition coefficient (Wildman–Crippen LogP) is 4.48. The fraction of sp³-hybridized carbons (Fsp3) is 0.0769. The van der Waals surface area contributed by atoms with Gasteiger partial charge >= 0.3 is 6.18 Å². The highest BCUT2D eigenvalue weighted by atomic mass is 79.9. The normalized spacial score (nSPS) is 10.9. The van der Waals surface area contributed by atoms with Crippen LogP contribution in [-0.2, 0) is 6.18 Å². The van der Waals surface area contributed by atoms with Crippen LogP contribution in [-0.4, -0.2) is 4.98 Å². The van der Waals surface area contributed by atoms with Crippen LogP contribution >= 0.6 is 15.9 Å². The van der Waals surface area contributed by atoms with Gasteiger partial charge in [0.1, 0.15) is 17.6 Å². The Kier molecular flexibility index (Phi) is 3.95. The lowest BCUT2D eigenvalue weighted by Crippen LogP contribution is -2.10. The molecule has 0 amide bonds. The van der Waals surface area contributed by atoms with Crippen LogP contribution in [0.3, 0.4) is 0 Å². The summed E-state index contributed by atoms with van der Waals surface area (Å²) in [4.78, 5) is 3.47. The summed E-state index contributed by atoms with van der Waals surface area (Å²) in [5.41, 5.74) is -0.490. The molecule has 0 saturated carbocycles.